The van der Waals surface area contributed by atoms with Crippen molar-refractivity contribution >= 4 is 22.0 Å². The number of carbonyl (C=O) groups is 2. The number of ether oxygens (including phenoxy) is 2. The largest absolute Gasteiger partial charge is 0.497 e. The summed E-state index contributed by atoms with van der Waals surface area (Å²) in [5.74, 6) is 0.422. The minimum Gasteiger partial charge on any atom is -0.497 e. The molecule has 12 heteroatoms. The Hall–Kier alpha value is -3.12. The van der Waals surface area contributed by atoms with E-state index in [1.54, 1.807) is 65.8 Å². The smallest absolute Gasteiger partial charge is 0.410 e. The number of carbonyl (C=O) groups excluding carboxylic acids is 2. The molecule has 2 fully saturated rings. The van der Waals surface area contributed by atoms with E-state index < -0.39 is 21.7 Å². The average molecular weight is 563 g/mol. The summed E-state index contributed by atoms with van der Waals surface area (Å²) >= 11 is 0. The molecule has 1 aliphatic heterocycles. The molecular formula is C27H38N4O7S. The first kappa shape index (κ1) is 28.9. The number of methoxy groups -OCH3 is 1. The second kappa shape index (κ2) is 10.8. The monoisotopic (exact) mass is 562 g/mol. The van der Waals surface area contributed by atoms with E-state index in [9.17, 15) is 18.0 Å². The Bertz CT molecular complexity index is 1320. The Kier molecular flexibility index (Phi) is 8.00. The van der Waals surface area contributed by atoms with Gasteiger partial charge in [-0.25, -0.2) is 18.2 Å². The first-order chi connectivity index (χ1) is 18.2. The number of aryl methyl sites for hydroxylation is 2. The van der Waals surface area contributed by atoms with Gasteiger partial charge in [-0.15, -0.1) is 0 Å². The van der Waals surface area contributed by atoms with Crippen molar-refractivity contribution in [3.8, 4) is 5.75 Å². The molecule has 1 saturated carbocycles. The maximum Gasteiger partial charge on any atom is 0.410 e. The van der Waals surface area contributed by atoms with E-state index in [1.165, 1.54) is 15.5 Å². The molecule has 2 heterocycles. The zero-order valence-corrected chi connectivity index (χ0v) is 24.5. The molecule has 0 spiro atoms. The predicted octanol–water partition coefficient (Wildman–Crippen LogP) is 3.73. The van der Waals surface area contributed by atoms with Crippen LogP contribution in [0.15, 0.2) is 27.7 Å². The van der Waals surface area contributed by atoms with E-state index in [2.05, 4.69) is 4.98 Å². The molecule has 1 aliphatic carbocycles. The third-order valence-electron chi connectivity index (χ3n) is 6.93. The van der Waals surface area contributed by atoms with Crippen molar-refractivity contribution < 1.29 is 31.9 Å². The summed E-state index contributed by atoms with van der Waals surface area (Å²) < 4.78 is 45.2. The van der Waals surface area contributed by atoms with Gasteiger partial charge in [0, 0.05) is 26.2 Å². The van der Waals surface area contributed by atoms with Gasteiger partial charge in [-0.3, -0.25) is 4.79 Å². The molecule has 4 rings (SSSR count). The quantitative estimate of drug-likeness (QED) is 0.477. The minimum absolute atomic E-state index is 0.0742. The topological polar surface area (TPSA) is 122 Å². The molecule has 2 amide bonds. The lowest BCUT2D eigenvalue weighted by Gasteiger charge is -2.28. The average Bonchev–Trinajstić information content (AvgIpc) is 3.36. The van der Waals surface area contributed by atoms with E-state index in [0.29, 0.717) is 36.4 Å². The zero-order chi connectivity index (χ0) is 28.7. The number of sulfonamides is 1. The van der Waals surface area contributed by atoms with Gasteiger partial charge in [0.05, 0.1) is 24.6 Å². The van der Waals surface area contributed by atoms with Crippen molar-refractivity contribution in [1.29, 1.82) is 0 Å². The van der Waals surface area contributed by atoms with E-state index in [4.69, 9.17) is 13.9 Å². The number of nitrogens with zero attached hydrogens (tertiary/aromatic N) is 4. The first-order valence-corrected chi connectivity index (χ1v) is 14.5. The van der Waals surface area contributed by atoms with Crippen molar-refractivity contribution in [2.45, 2.75) is 83.0 Å². The van der Waals surface area contributed by atoms with Gasteiger partial charge in [-0.2, -0.15) is 4.31 Å². The number of aromatic nitrogens is 1. The molecule has 1 saturated heterocycles. The van der Waals surface area contributed by atoms with Crippen molar-refractivity contribution in [2.24, 2.45) is 0 Å². The van der Waals surface area contributed by atoms with Gasteiger partial charge in [0.15, 0.2) is 5.69 Å². The van der Waals surface area contributed by atoms with Gasteiger partial charge < -0.3 is 23.7 Å². The van der Waals surface area contributed by atoms with Crippen molar-refractivity contribution in [1.82, 2.24) is 19.1 Å². The van der Waals surface area contributed by atoms with Crippen LogP contribution in [0.5, 0.6) is 5.75 Å². The summed E-state index contributed by atoms with van der Waals surface area (Å²) in [6.45, 7) is 9.64. The number of hydrogen-bond donors (Lipinski definition) is 0. The lowest BCUT2D eigenvalue weighted by atomic mass is 10.1. The normalized spacial score (nSPS) is 17.9. The van der Waals surface area contributed by atoms with Gasteiger partial charge >= 0.3 is 6.09 Å². The molecule has 2 aromatic rings. The van der Waals surface area contributed by atoms with Gasteiger partial charge in [0.1, 0.15) is 17.6 Å². The summed E-state index contributed by atoms with van der Waals surface area (Å²) in [5.41, 5.74) is 0.695. The number of benzene rings is 1. The SMILES string of the molecule is COc1cc(C)c(S(=O)(=O)N(Cc2nc(C(=O)N3CCC(N(C)C(=O)OC(C)(C)C)C3)co2)C2CC2)c(C)c1. The molecule has 1 aromatic carbocycles. The fraction of sp³-hybridized carbons (Fsp3) is 0.593. The summed E-state index contributed by atoms with van der Waals surface area (Å²) in [6.07, 6.45) is 2.94. The number of amides is 2. The van der Waals surface area contributed by atoms with E-state index >= 15 is 0 Å². The Morgan fingerprint density at radius 3 is 2.33 bits per heavy atom. The molecule has 11 nitrogen and oxygen atoms in total. The highest BCUT2D eigenvalue weighted by Gasteiger charge is 2.41. The molecule has 1 aromatic heterocycles. The Labute approximate surface area is 230 Å². The minimum atomic E-state index is -3.85. The molecule has 0 radical (unpaired) electrons. The third-order valence-corrected chi connectivity index (χ3v) is 9.14. The second-order valence-corrected chi connectivity index (χ2v) is 13.1. The van der Waals surface area contributed by atoms with Crippen LogP contribution in [0.4, 0.5) is 4.79 Å². The summed E-state index contributed by atoms with van der Waals surface area (Å²) in [4.78, 5) is 33.3. The van der Waals surface area contributed by atoms with Crippen molar-refractivity contribution in [3.63, 3.8) is 0 Å². The van der Waals surface area contributed by atoms with E-state index in [-0.39, 0.29) is 41.0 Å². The molecule has 2 aliphatic rings. The molecule has 0 N–H and O–H groups in total. The lowest BCUT2D eigenvalue weighted by Crippen LogP contribution is -2.42. The standard InChI is InChI=1S/C27H38N4O7S/c1-17-12-21(36-7)13-18(2)24(17)39(34,35)31(19-8-9-19)15-23-28-22(16-37-23)25(32)30-11-10-20(14-30)29(6)26(33)38-27(3,4)5/h12-13,16,19-20H,8-11,14-15H2,1-7H3. The maximum atomic E-state index is 13.7. The van der Waals surface area contributed by atoms with Gasteiger partial charge in [-0.05, 0) is 77.1 Å². The summed E-state index contributed by atoms with van der Waals surface area (Å²) in [6, 6.07) is 3.08. The highest BCUT2D eigenvalue weighted by Crippen LogP contribution is 2.36. The van der Waals surface area contributed by atoms with E-state index in [0.717, 1.165) is 12.8 Å². The van der Waals surface area contributed by atoms with Crippen molar-refractivity contribution in [2.75, 3.05) is 27.2 Å². The number of likely N-dealkylation sites (tertiary alicyclic amines) is 1. The summed E-state index contributed by atoms with van der Waals surface area (Å²) in [5, 5.41) is 0. The van der Waals surface area contributed by atoms with Crippen LogP contribution in [0, 0.1) is 13.8 Å². The van der Waals surface area contributed by atoms with Crippen LogP contribution < -0.4 is 4.74 Å². The fourth-order valence-electron chi connectivity index (χ4n) is 4.83. The Morgan fingerprint density at radius 2 is 1.77 bits per heavy atom. The Morgan fingerprint density at radius 1 is 1.13 bits per heavy atom. The van der Waals surface area contributed by atoms with Crippen LogP contribution in [-0.2, 0) is 21.3 Å². The first-order valence-electron chi connectivity index (χ1n) is 13.1. The second-order valence-electron chi connectivity index (χ2n) is 11.3. The molecule has 1 unspecified atom stereocenters. The number of likely N-dealkylation sites (N-methyl/N-ethyl adjacent to an activating group) is 1. The van der Waals surface area contributed by atoms with Crippen LogP contribution in [0.1, 0.15) is 67.5 Å². The molecular weight excluding hydrogens is 524 g/mol. The van der Waals surface area contributed by atoms with Crippen LogP contribution >= 0.6 is 0 Å². The van der Waals surface area contributed by atoms with Crippen LogP contribution in [0.2, 0.25) is 0 Å². The number of rotatable bonds is 8. The van der Waals surface area contributed by atoms with Crippen LogP contribution in [0.25, 0.3) is 0 Å². The highest BCUT2D eigenvalue weighted by molar-refractivity contribution is 7.89. The van der Waals surface area contributed by atoms with Crippen molar-refractivity contribution in [3.05, 3.63) is 41.1 Å². The predicted molar refractivity (Wildman–Crippen MR) is 143 cm³/mol. The Balaban J connectivity index is 1.46. The van der Waals surface area contributed by atoms with Gasteiger partial charge in [-0.1, -0.05) is 0 Å². The molecule has 214 valence electrons. The summed E-state index contributed by atoms with van der Waals surface area (Å²) in [7, 11) is -0.644. The van der Waals surface area contributed by atoms with E-state index in [1.807, 2.05) is 0 Å². The lowest BCUT2D eigenvalue weighted by molar-refractivity contribution is 0.0226. The third kappa shape index (κ3) is 6.38. The highest BCUT2D eigenvalue weighted by atomic mass is 32.2. The number of hydrogen-bond acceptors (Lipinski definition) is 8. The van der Waals surface area contributed by atoms with Gasteiger partial charge in [0.25, 0.3) is 5.91 Å². The fourth-order valence-corrected chi connectivity index (χ4v) is 6.88. The molecule has 0 bridgehead atoms. The molecule has 1 atom stereocenters. The van der Waals surface area contributed by atoms with Gasteiger partial charge in [0.2, 0.25) is 15.9 Å². The number of oxazole rings is 1. The maximum absolute atomic E-state index is 13.7. The van der Waals surface area contributed by atoms with Crippen LogP contribution in [-0.4, -0.2) is 84.4 Å². The van der Waals surface area contributed by atoms with Crippen LogP contribution in [0.3, 0.4) is 0 Å². The molecule has 39 heavy (non-hydrogen) atoms. The zero-order valence-electron chi connectivity index (χ0n) is 23.7.